The number of aliphatic hydroxyl groups is 1. The zero-order valence-corrected chi connectivity index (χ0v) is 22.1. The first-order valence-electron chi connectivity index (χ1n) is 11.7. The normalized spacial score (nSPS) is 25.6. The maximum absolute atomic E-state index is 15.5. The second-order valence-corrected chi connectivity index (χ2v) is 11.0. The molecule has 2 aromatic rings. The highest BCUT2D eigenvalue weighted by Crippen LogP contribution is 2.49. The summed E-state index contributed by atoms with van der Waals surface area (Å²) in [7, 11) is -4.34. The van der Waals surface area contributed by atoms with E-state index in [9.17, 15) is 23.7 Å². The first-order valence-corrected chi connectivity index (χ1v) is 13.3. The van der Waals surface area contributed by atoms with Crippen LogP contribution >= 0.6 is 7.75 Å². The van der Waals surface area contributed by atoms with E-state index in [-0.39, 0.29) is 5.75 Å². The lowest BCUT2D eigenvalue weighted by Crippen LogP contribution is -2.42. The van der Waals surface area contributed by atoms with E-state index in [2.05, 4.69) is 10.1 Å². The molecule has 0 bridgehead atoms. The van der Waals surface area contributed by atoms with Crippen LogP contribution in [-0.4, -0.2) is 58.3 Å². The molecule has 0 aliphatic carbocycles. The number of rotatable bonds is 11. The maximum atomic E-state index is 15.5. The second-order valence-electron chi connectivity index (χ2n) is 9.28. The number of hydrogen-bond donors (Lipinski definition) is 3. The highest BCUT2D eigenvalue weighted by atomic mass is 31.2. The Labute approximate surface area is 217 Å². The quantitative estimate of drug-likeness (QED) is 0.273. The van der Waals surface area contributed by atoms with E-state index in [1.165, 1.54) is 26.0 Å². The number of esters is 1. The van der Waals surface area contributed by atoms with Crippen LogP contribution in [0.3, 0.4) is 0 Å². The molecule has 210 valence electrons. The van der Waals surface area contributed by atoms with Gasteiger partial charge in [-0.3, -0.25) is 13.9 Å². The van der Waals surface area contributed by atoms with E-state index >= 15 is 4.39 Å². The molecule has 0 spiro atoms. The Balaban J connectivity index is 1.86. The Bertz CT molecular complexity index is 1230. The van der Waals surface area contributed by atoms with Gasteiger partial charge in [-0.15, -0.1) is 0 Å². The van der Waals surface area contributed by atoms with Gasteiger partial charge in [0.05, 0.1) is 37.0 Å². The molecule has 1 fully saturated rings. The highest BCUT2D eigenvalue weighted by molar-refractivity contribution is 7.52. The van der Waals surface area contributed by atoms with E-state index in [1.54, 1.807) is 32.0 Å². The molecule has 38 heavy (non-hydrogen) atoms. The van der Waals surface area contributed by atoms with Crippen LogP contribution in [0.25, 0.3) is 0 Å². The van der Waals surface area contributed by atoms with E-state index < -0.39 is 80.3 Å². The first-order chi connectivity index (χ1) is 17.8. The maximum Gasteiger partial charge on any atom is 0.459 e. The number of halogens is 2. The summed E-state index contributed by atoms with van der Waals surface area (Å²) < 4.78 is 65.7. The van der Waals surface area contributed by atoms with Gasteiger partial charge in [0.25, 0.3) is 0 Å². The number of alkyl halides is 1. The summed E-state index contributed by atoms with van der Waals surface area (Å²) in [5.74, 6) is -2.32. The summed E-state index contributed by atoms with van der Waals surface area (Å²) >= 11 is 0. The van der Waals surface area contributed by atoms with Crippen LogP contribution in [-0.2, 0) is 23.4 Å². The number of nitrogen functional groups attached to an aromatic ring is 1. The number of aliphatic hydroxyl groups excluding tert-OH is 1. The molecule has 1 saturated heterocycles. The number of nitrogens with zero attached hydrogens (tertiary/aromatic N) is 2. The average Bonchev–Trinajstić information content (AvgIpc) is 3.10. The van der Waals surface area contributed by atoms with Crippen LogP contribution in [0.5, 0.6) is 5.75 Å². The minimum absolute atomic E-state index is 0.140. The zero-order chi connectivity index (χ0) is 28.3. The number of aromatic nitrogens is 2. The van der Waals surface area contributed by atoms with Crippen molar-refractivity contribution in [3.05, 3.63) is 52.8 Å². The monoisotopic (exact) mass is 560 g/mol. The molecule has 1 aromatic heterocycles. The molecule has 0 saturated carbocycles. The number of anilines is 1. The van der Waals surface area contributed by atoms with Gasteiger partial charge in [0.15, 0.2) is 24.0 Å². The molecule has 12 nitrogen and oxygen atoms in total. The molecular weight excluding hydrogens is 529 g/mol. The van der Waals surface area contributed by atoms with E-state index in [4.69, 9.17) is 24.3 Å². The third kappa shape index (κ3) is 6.56. The van der Waals surface area contributed by atoms with Crippen molar-refractivity contribution in [2.45, 2.75) is 58.3 Å². The molecule has 1 aliphatic rings. The highest BCUT2D eigenvalue weighted by Gasteiger charge is 2.56. The summed E-state index contributed by atoms with van der Waals surface area (Å²) in [6, 6.07) is 6.81. The summed E-state index contributed by atoms with van der Waals surface area (Å²) in [6.07, 6.45) is -4.82. The van der Waals surface area contributed by atoms with Gasteiger partial charge in [0, 0.05) is 0 Å². The van der Waals surface area contributed by atoms with Crippen LogP contribution in [0.15, 0.2) is 41.3 Å². The molecule has 3 rings (SSSR count). The van der Waals surface area contributed by atoms with Crippen LogP contribution in [0.2, 0.25) is 0 Å². The van der Waals surface area contributed by atoms with Crippen molar-refractivity contribution in [1.29, 1.82) is 0 Å². The van der Waals surface area contributed by atoms with Gasteiger partial charge >= 0.3 is 19.4 Å². The van der Waals surface area contributed by atoms with Crippen LogP contribution in [0.4, 0.5) is 14.6 Å². The van der Waals surface area contributed by atoms with Crippen LogP contribution in [0.1, 0.15) is 33.9 Å². The van der Waals surface area contributed by atoms with Crippen molar-refractivity contribution in [2.75, 3.05) is 18.9 Å². The molecule has 1 aliphatic heterocycles. The fourth-order valence-corrected chi connectivity index (χ4v) is 5.15. The molecular formula is C23H31F2N4O8P. The van der Waals surface area contributed by atoms with Gasteiger partial charge in [-0.1, -0.05) is 25.1 Å². The van der Waals surface area contributed by atoms with Crippen molar-refractivity contribution in [3.8, 4) is 5.75 Å². The number of carbonyl (C=O) groups is 1. The third-order valence-electron chi connectivity index (χ3n) is 5.89. The molecule has 3 unspecified atom stereocenters. The number of carbonyl (C=O) groups excluding carboxylic acids is 1. The average molecular weight is 560 g/mol. The summed E-state index contributed by atoms with van der Waals surface area (Å²) in [5, 5.41) is 12.5. The number of nitrogens with two attached hydrogens (primary N) is 1. The largest absolute Gasteiger partial charge is 0.462 e. The minimum atomic E-state index is -4.34. The Kier molecular flexibility index (Phi) is 9.26. The van der Waals surface area contributed by atoms with E-state index in [1.807, 2.05) is 0 Å². The third-order valence-corrected chi connectivity index (χ3v) is 7.53. The van der Waals surface area contributed by atoms with Gasteiger partial charge in [0.2, 0.25) is 0 Å². The topological polar surface area (TPSA) is 164 Å². The number of hydrogen-bond acceptors (Lipinski definition) is 10. The summed E-state index contributed by atoms with van der Waals surface area (Å²) in [5.41, 5.74) is 2.54. The fourth-order valence-electron chi connectivity index (χ4n) is 3.66. The summed E-state index contributed by atoms with van der Waals surface area (Å²) in [6.45, 7) is 4.61. The SMILES string of the molecule is CC(C)OC(=O)[C@H](C)NP(=O)(OC[C@H]1O[C@@H](n2cc(F)c(N)nc2=O)C(F)C1(C)CO)Oc1ccccc1. The number of benzene rings is 1. The smallest absolute Gasteiger partial charge is 0.459 e. The van der Waals surface area contributed by atoms with Crippen molar-refractivity contribution in [1.82, 2.24) is 14.6 Å². The Morgan fingerprint density at radius 1 is 1.34 bits per heavy atom. The molecule has 6 atom stereocenters. The molecule has 15 heteroatoms. The lowest BCUT2D eigenvalue weighted by Gasteiger charge is -2.30. The van der Waals surface area contributed by atoms with Gasteiger partial charge in [0.1, 0.15) is 11.8 Å². The number of para-hydroxylation sites is 1. The van der Waals surface area contributed by atoms with Gasteiger partial charge < -0.3 is 24.8 Å². The van der Waals surface area contributed by atoms with Crippen LogP contribution in [0, 0.1) is 11.2 Å². The van der Waals surface area contributed by atoms with Crippen molar-refractivity contribution < 1.29 is 41.8 Å². The van der Waals surface area contributed by atoms with E-state index in [0.717, 1.165) is 0 Å². The van der Waals surface area contributed by atoms with Gasteiger partial charge in [-0.2, -0.15) is 10.1 Å². The Morgan fingerprint density at radius 3 is 2.61 bits per heavy atom. The molecule has 0 amide bonds. The van der Waals surface area contributed by atoms with Gasteiger partial charge in [-0.05, 0) is 32.9 Å². The van der Waals surface area contributed by atoms with Crippen molar-refractivity contribution in [3.63, 3.8) is 0 Å². The predicted molar refractivity (Wildman–Crippen MR) is 131 cm³/mol. The Hall–Kier alpha value is -2.90. The van der Waals surface area contributed by atoms with E-state index in [0.29, 0.717) is 10.8 Å². The molecule has 2 heterocycles. The standard InChI is InChI=1S/C23H31F2N4O8P/c1-13(2)35-21(31)14(3)28-38(33,37-15-8-6-5-7-9-15)34-11-17-23(4,12-30)18(25)20(36-17)29-10-16(24)19(26)27-22(29)32/h5-10,13-14,17-18,20,30H,11-12H2,1-4H3,(H,28,33)(H2,26,27,32)/t14-,17+,18?,20+,23?,38?/m0/s1. The fraction of sp³-hybridized carbons (Fsp3) is 0.522. The van der Waals surface area contributed by atoms with Crippen molar-refractivity contribution in [2.24, 2.45) is 5.41 Å². The number of ether oxygens (including phenoxy) is 2. The first kappa shape index (κ1) is 29.7. The lowest BCUT2D eigenvalue weighted by molar-refractivity contribution is -0.149. The zero-order valence-electron chi connectivity index (χ0n) is 21.2. The lowest BCUT2D eigenvalue weighted by atomic mass is 9.82. The molecule has 0 radical (unpaired) electrons. The summed E-state index contributed by atoms with van der Waals surface area (Å²) in [4.78, 5) is 27.9. The van der Waals surface area contributed by atoms with Gasteiger partial charge in [-0.25, -0.2) is 18.1 Å². The van der Waals surface area contributed by atoms with Crippen molar-refractivity contribution >= 4 is 19.5 Å². The number of nitrogens with one attached hydrogen (secondary N) is 1. The Morgan fingerprint density at radius 2 is 2.00 bits per heavy atom. The van der Waals surface area contributed by atoms with Crippen LogP contribution < -0.4 is 21.0 Å². The minimum Gasteiger partial charge on any atom is -0.462 e. The molecule has 4 N–H and O–H groups in total. The molecule has 1 aromatic carbocycles. The second kappa shape index (κ2) is 11.9. The predicted octanol–water partition coefficient (Wildman–Crippen LogP) is 2.33.